The molecule has 7 nitrogen and oxygen atoms in total. The number of fused-ring (bicyclic) bond motifs is 1. The molecule has 0 bridgehead atoms. The van der Waals surface area contributed by atoms with Gasteiger partial charge < -0.3 is 14.4 Å². The third-order valence-corrected chi connectivity index (χ3v) is 7.15. The number of carbonyl (C=O) groups excluding carboxylic acids is 1. The topological polar surface area (TPSA) is 70.7 Å². The van der Waals surface area contributed by atoms with Crippen molar-refractivity contribution >= 4 is 17.5 Å². The molecule has 3 aromatic rings. The number of nitrogens with one attached hydrogen (secondary N) is 1. The fourth-order valence-electron chi connectivity index (χ4n) is 5.00. The van der Waals surface area contributed by atoms with E-state index < -0.39 is 0 Å². The Morgan fingerprint density at radius 1 is 1.11 bits per heavy atom. The van der Waals surface area contributed by atoms with Crippen molar-refractivity contribution in [3.63, 3.8) is 0 Å². The van der Waals surface area contributed by atoms with Gasteiger partial charge in [-0.25, -0.2) is 0 Å². The second kappa shape index (κ2) is 11.5. The standard InChI is InChI=1S/C28H33ClN4O3/c1-2-3-16-36-23-7-4-6-21(19-23)27-24-25(20-8-10-22(29)11-9-20)30-31-26(24)28(34)33(27)13-5-12-32-14-17-35-18-15-32/h4,6-11,19,27H,2-3,5,12-18H2,1H3,(H,30,31). The zero-order valence-electron chi connectivity index (χ0n) is 20.7. The number of ether oxygens (including phenoxy) is 2. The molecule has 2 aromatic carbocycles. The molecule has 1 atom stereocenters. The molecule has 0 aliphatic carbocycles. The van der Waals surface area contributed by atoms with Crippen molar-refractivity contribution in [2.75, 3.05) is 46.0 Å². The molecule has 0 spiro atoms. The Bertz CT molecular complexity index is 1170. The Kier molecular flexibility index (Phi) is 7.90. The van der Waals surface area contributed by atoms with Gasteiger partial charge in [0.2, 0.25) is 0 Å². The summed E-state index contributed by atoms with van der Waals surface area (Å²) in [5, 5.41) is 8.28. The third kappa shape index (κ3) is 5.28. The predicted octanol–water partition coefficient (Wildman–Crippen LogP) is 5.18. The minimum Gasteiger partial charge on any atom is -0.494 e. The molecule has 5 rings (SSSR count). The summed E-state index contributed by atoms with van der Waals surface area (Å²) in [7, 11) is 0. The lowest BCUT2D eigenvalue weighted by Gasteiger charge is -2.30. The fourth-order valence-corrected chi connectivity index (χ4v) is 5.13. The van der Waals surface area contributed by atoms with Crippen LogP contribution in [0.3, 0.4) is 0 Å². The normalized spacial score (nSPS) is 18.0. The number of halogens is 1. The van der Waals surface area contributed by atoms with Crippen LogP contribution in [0.15, 0.2) is 48.5 Å². The Balaban J connectivity index is 1.46. The first-order valence-electron chi connectivity index (χ1n) is 12.8. The molecule has 36 heavy (non-hydrogen) atoms. The van der Waals surface area contributed by atoms with Crippen LogP contribution < -0.4 is 4.74 Å². The number of aromatic amines is 1. The number of carbonyl (C=O) groups is 1. The molecule has 1 amide bonds. The van der Waals surface area contributed by atoms with Crippen molar-refractivity contribution in [3.05, 3.63) is 70.4 Å². The number of amides is 1. The lowest BCUT2D eigenvalue weighted by molar-refractivity contribution is 0.0354. The largest absolute Gasteiger partial charge is 0.494 e. The van der Waals surface area contributed by atoms with E-state index in [1.807, 2.05) is 41.3 Å². The van der Waals surface area contributed by atoms with E-state index in [-0.39, 0.29) is 11.9 Å². The van der Waals surface area contributed by atoms with Gasteiger partial charge in [-0.2, -0.15) is 5.10 Å². The maximum Gasteiger partial charge on any atom is 0.273 e. The van der Waals surface area contributed by atoms with Crippen LogP contribution >= 0.6 is 11.6 Å². The van der Waals surface area contributed by atoms with Crippen molar-refractivity contribution in [3.8, 4) is 17.0 Å². The van der Waals surface area contributed by atoms with Crippen molar-refractivity contribution in [1.29, 1.82) is 0 Å². The van der Waals surface area contributed by atoms with Gasteiger partial charge in [0.1, 0.15) is 11.4 Å². The molecular formula is C28H33ClN4O3. The van der Waals surface area contributed by atoms with Gasteiger partial charge in [-0.15, -0.1) is 0 Å². The number of morpholine rings is 1. The summed E-state index contributed by atoms with van der Waals surface area (Å²) in [6.07, 6.45) is 2.98. The Morgan fingerprint density at radius 2 is 1.92 bits per heavy atom. The summed E-state index contributed by atoms with van der Waals surface area (Å²) >= 11 is 6.14. The highest BCUT2D eigenvalue weighted by molar-refractivity contribution is 6.30. The van der Waals surface area contributed by atoms with Gasteiger partial charge in [0, 0.05) is 42.3 Å². The first-order valence-corrected chi connectivity index (χ1v) is 13.2. The van der Waals surface area contributed by atoms with Crippen molar-refractivity contribution in [1.82, 2.24) is 20.0 Å². The molecule has 0 saturated carbocycles. The summed E-state index contributed by atoms with van der Waals surface area (Å²) in [5.41, 5.74) is 4.22. The Morgan fingerprint density at radius 3 is 2.69 bits per heavy atom. The highest BCUT2D eigenvalue weighted by Crippen LogP contribution is 2.43. The number of rotatable bonds is 10. The number of H-pyrrole nitrogens is 1. The lowest BCUT2D eigenvalue weighted by Crippen LogP contribution is -2.38. The Labute approximate surface area is 217 Å². The minimum atomic E-state index is -0.239. The van der Waals surface area contributed by atoms with Gasteiger partial charge >= 0.3 is 0 Å². The molecule has 2 aliphatic heterocycles. The summed E-state index contributed by atoms with van der Waals surface area (Å²) in [5.74, 6) is 0.814. The van der Waals surface area contributed by atoms with Crippen LogP contribution in [0.4, 0.5) is 0 Å². The average Bonchev–Trinajstić information content (AvgIpc) is 3.44. The van der Waals surface area contributed by atoms with E-state index in [1.54, 1.807) is 0 Å². The van der Waals surface area contributed by atoms with E-state index in [4.69, 9.17) is 21.1 Å². The van der Waals surface area contributed by atoms with E-state index in [0.717, 1.165) is 80.2 Å². The number of hydrogen-bond donors (Lipinski definition) is 1. The smallest absolute Gasteiger partial charge is 0.273 e. The van der Waals surface area contributed by atoms with E-state index in [1.165, 1.54) is 0 Å². The van der Waals surface area contributed by atoms with Crippen LogP contribution in [0, 0.1) is 0 Å². The number of unbranched alkanes of at least 4 members (excludes halogenated alkanes) is 1. The monoisotopic (exact) mass is 508 g/mol. The van der Waals surface area contributed by atoms with Crippen LogP contribution in [0.5, 0.6) is 5.75 Å². The van der Waals surface area contributed by atoms with E-state index >= 15 is 0 Å². The van der Waals surface area contributed by atoms with Crippen LogP contribution in [0.2, 0.25) is 5.02 Å². The number of aromatic nitrogens is 2. The quantitative estimate of drug-likeness (QED) is 0.382. The van der Waals surface area contributed by atoms with E-state index in [0.29, 0.717) is 23.9 Å². The van der Waals surface area contributed by atoms with E-state index in [2.05, 4.69) is 34.2 Å². The summed E-state index contributed by atoms with van der Waals surface area (Å²) in [6, 6.07) is 15.5. The lowest BCUT2D eigenvalue weighted by atomic mass is 9.96. The average molecular weight is 509 g/mol. The van der Waals surface area contributed by atoms with Gasteiger partial charge in [0.15, 0.2) is 0 Å². The molecule has 1 unspecified atom stereocenters. The van der Waals surface area contributed by atoms with Crippen LogP contribution in [0.1, 0.15) is 53.8 Å². The molecule has 1 saturated heterocycles. The zero-order chi connectivity index (χ0) is 24.9. The molecule has 8 heteroatoms. The zero-order valence-corrected chi connectivity index (χ0v) is 21.5. The summed E-state index contributed by atoms with van der Waals surface area (Å²) in [4.78, 5) is 18.0. The summed E-state index contributed by atoms with van der Waals surface area (Å²) < 4.78 is 11.5. The molecule has 2 aliphatic rings. The van der Waals surface area contributed by atoms with Crippen LogP contribution in [-0.4, -0.2) is 71.9 Å². The maximum absolute atomic E-state index is 13.6. The second-order valence-corrected chi connectivity index (χ2v) is 9.79. The van der Waals surface area contributed by atoms with Gasteiger partial charge in [0.05, 0.1) is 31.6 Å². The summed E-state index contributed by atoms with van der Waals surface area (Å²) in [6.45, 7) is 7.86. The molecule has 0 radical (unpaired) electrons. The van der Waals surface area contributed by atoms with Gasteiger partial charge in [-0.05, 0) is 42.7 Å². The number of nitrogens with zero attached hydrogens (tertiary/aromatic N) is 3. The van der Waals surface area contributed by atoms with Gasteiger partial charge in [0.25, 0.3) is 5.91 Å². The van der Waals surface area contributed by atoms with E-state index in [9.17, 15) is 4.79 Å². The van der Waals surface area contributed by atoms with Crippen molar-refractivity contribution in [2.24, 2.45) is 0 Å². The number of hydrogen-bond acceptors (Lipinski definition) is 5. The minimum absolute atomic E-state index is 0.0120. The highest BCUT2D eigenvalue weighted by atomic mass is 35.5. The van der Waals surface area contributed by atoms with Gasteiger partial charge in [-0.3, -0.25) is 14.8 Å². The number of benzene rings is 2. The van der Waals surface area contributed by atoms with Crippen molar-refractivity contribution < 1.29 is 14.3 Å². The molecule has 1 aromatic heterocycles. The Hall–Kier alpha value is -2.87. The SMILES string of the molecule is CCCCOc1cccc(C2c3c(-c4ccc(Cl)cc4)n[nH]c3C(=O)N2CCCN2CCOCC2)c1. The molecular weight excluding hydrogens is 476 g/mol. The van der Waals surface area contributed by atoms with Crippen molar-refractivity contribution in [2.45, 2.75) is 32.2 Å². The van der Waals surface area contributed by atoms with Crippen LogP contribution in [-0.2, 0) is 4.74 Å². The molecule has 1 N–H and O–H groups in total. The molecule has 1 fully saturated rings. The molecule has 3 heterocycles. The predicted molar refractivity (Wildman–Crippen MR) is 141 cm³/mol. The first kappa shape index (κ1) is 24.8. The highest BCUT2D eigenvalue weighted by Gasteiger charge is 2.42. The fraction of sp³-hybridized carbons (Fsp3) is 0.429. The van der Waals surface area contributed by atoms with Gasteiger partial charge in [-0.1, -0.05) is 49.2 Å². The third-order valence-electron chi connectivity index (χ3n) is 6.90. The van der Waals surface area contributed by atoms with Crippen LogP contribution in [0.25, 0.3) is 11.3 Å². The maximum atomic E-state index is 13.6. The second-order valence-electron chi connectivity index (χ2n) is 9.35. The molecule has 190 valence electrons. The first-order chi connectivity index (χ1) is 17.7.